The van der Waals surface area contributed by atoms with Gasteiger partial charge in [0.1, 0.15) is 5.75 Å². The van der Waals surface area contributed by atoms with Crippen LogP contribution in [0.5, 0.6) is 5.75 Å². The number of para-hydroxylation sites is 1. The number of rotatable bonds is 7. The third-order valence-corrected chi connectivity index (χ3v) is 5.07. The molecule has 0 aromatic heterocycles. The molecule has 0 aliphatic carbocycles. The van der Waals surface area contributed by atoms with E-state index >= 15 is 0 Å². The van der Waals surface area contributed by atoms with Crippen molar-refractivity contribution in [3.8, 4) is 5.75 Å². The molecular formula is C22H25ClN2O2. The Bertz CT molecular complexity index is 800. The van der Waals surface area contributed by atoms with E-state index in [4.69, 9.17) is 16.3 Å². The van der Waals surface area contributed by atoms with E-state index in [0.717, 1.165) is 35.0 Å². The van der Waals surface area contributed by atoms with Crippen LogP contribution in [0.2, 0.25) is 5.02 Å². The molecule has 2 aromatic carbocycles. The van der Waals surface area contributed by atoms with Gasteiger partial charge in [-0.25, -0.2) is 0 Å². The number of ether oxygens (including phenoxy) is 1. The molecule has 3 rings (SSSR count). The Labute approximate surface area is 165 Å². The minimum Gasteiger partial charge on any atom is -0.496 e. The zero-order valence-corrected chi connectivity index (χ0v) is 16.3. The van der Waals surface area contributed by atoms with Gasteiger partial charge in [0.05, 0.1) is 13.2 Å². The topological polar surface area (TPSA) is 41.6 Å². The van der Waals surface area contributed by atoms with E-state index in [9.17, 15) is 4.79 Å². The largest absolute Gasteiger partial charge is 0.496 e. The minimum atomic E-state index is -0.118. The van der Waals surface area contributed by atoms with E-state index in [1.54, 1.807) is 19.3 Å². The molecule has 1 amide bonds. The number of hydrogen-bond donors (Lipinski definition) is 1. The number of nitrogens with zero attached hydrogens (tertiary/aromatic N) is 1. The summed E-state index contributed by atoms with van der Waals surface area (Å²) < 4.78 is 5.31. The van der Waals surface area contributed by atoms with E-state index in [2.05, 4.69) is 16.3 Å². The molecule has 0 radical (unpaired) electrons. The van der Waals surface area contributed by atoms with Crippen LogP contribution in [0.1, 0.15) is 30.0 Å². The molecule has 1 heterocycles. The zero-order valence-electron chi connectivity index (χ0n) is 15.5. The van der Waals surface area contributed by atoms with Gasteiger partial charge in [-0.3, -0.25) is 9.69 Å². The first-order chi connectivity index (χ1) is 13.2. The summed E-state index contributed by atoms with van der Waals surface area (Å²) in [5.74, 6) is 0.627. The summed E-state index contributed by atoms with van der Waals surface area (Å²) in [6, 6.07) is 15.7. The molecule has 1 aliphatic heterocycles. The fourth-order valence-electron chi connectivity index (χ4n) is 3.45. The summed E-state index contributed by atoms with van der Waals surface area (Å²) in [6.07, 6.45) is 5.71. The highest BCUT2D eigenvalue weighted by atomic mass is 35.5. The molecule has 142 valence electrons. The van der Waals surface area contributed by atoms with Gasteiger partial charge in [0, 0.05) is 23.2 Å². The standard InChI is InChI=1S/C22H25ClN2O2/c1-27-21-10-3-2-7-17(21)11-12-22(26)24-16-20(25-13-4-5-14-25)18-8-6-9-19(23)15-18/h2-3,6-12,15,20H,4-5,13-14,16H2,1H3,(H,24,26). The van der Waals surface area contributed by atoms with Crippen LogP contribution < -0.4 is 10.1 Å². The quantitative estimate of drug-likeness (QED) is 0.723. The first-order valence-corrected chi connectivity index (χ1v) is 9.63. The molecule has 1 N–H and O–H groups in total. The van der Waals surface area contributed by atoms with E-state index in [1.165, 1.54) is 12.8 Å². The van der Waals surface area contributed by atoms with Crippen LogP contribution in [0.3, 0.4) is 0 Å². The van der Waals surface area contributed by atoms with Crippen molar-refractivity contribution in [2.24, 2.45) is 0 Å². The molecule has 1 aliphatic rings. The number of methoxy groups -OCH3 is 1. The van der Waals surface area contributed by atoms with E-state index in [1.807, 2.05) is 42.5 Å². The molecule has 2 aromatic rings. The lowest BCUT2D eigenvalue weighted by molar-refractivity contribution is -0.116. The molecule has 4 nitrogen and oxygen atoms in total. The van der Waals surface area contributed by atoms with Gasteiger partial charge in [0.2, 0.25) is 5.91 Å². The van der Waals surface area contributed by atoms with Crippen molar-refractivity contribution in [2.45, 2.75) is 18.9 Å². The number of amides is 1. The van der Waals surface area contributed by atoms with Crippen LogP contribution in [0, 0.1) is 0 Å². The van der Waals surface area contributed by atoms with Crippen molar-refractivity contribution >= 4 is 23.6 Å². The monoisotopic (exact) mass is 384 g/mol. The maximum atomic E-state index is 12.4. The Hall–Kier alpha value is -2.30. The second-order valence-corrected chi connectivity index (χ2v) is 7.07. The van der Waals surface area contributed by atoms with Gasteiger partial charge < -0.3 is 10.1 Å². The number of benzene rings is 2. The second-order valence-electron chi connectivity index (χ2n) is 6.63. The van der Waals surface area contributed by atoms with Gasteiger partial charge in [-0.15, -0.1) is 0 Å². The molecule has 27 heavy (non-hydrogen) atoms. The summed E-state index contributed by atoms with van der Waals surface area (Å²) in [5.41, 5.74) is 2.01. The molecule has 1 saturated heterocycles. The smallest absolute Gasteiger partial charge is 0.244 e. The van der Waals surface area contributed by atoms with Crippen molar-refractivity contribution in [1.29, 1.82) is 0 Å². The van der Waals surface area contributed by atoms with E-state index < -0.39 is 0 Å². The number of nitrogens with one attached hydrogen (secondary N) is 1. The predicted octanol–water partition coefficient (Wildman–Crippen LogP) is 4.32. The highest BCUT2D eigenvalue weighted by Crippen LogP contribution is 2.26. The van der Waals surface area contributed by atoms with Gasteiger partial charge in [0.25, 0.3) is 0 Å². The maximum absolute atomic E-state index is 12.4. The second kappa shape index (κ2) is 9.58. The molecule has 1 fully saturated rings. The summed E-state index contributed by atoms with van der Waals surface area (Å²) in [6.45, 7) is 2.64. The SMILES string of the molecule is COc1ccccc1C=CC(=O)NCC(c1cccc(Cl)c1)N1CCCC1. The van der Waals surface area contributed by atoms with Crippen molar-refractivity contribution in [3.05, 3.63) is 70.8 Å². The van der Waals surface area contributed by atoms with Crippen molar-refractivity contribution in [2.75, 3.05) is 26.7 Å². The molecule has 0 saturated carbocycles. The highest BCUT2D eigenvalue weighted by Gasteiger charge is 2.23. The summed E-state index contributed by atoms with van der Waals surface area (Å²) in [5, 5.41) is 3.76. The summed E-state index contributed by atoms with van der Waals surface area (Å²) >= 11 is 6.18. The first-order valence-electron chi connectivity index (χ1n) is 9.26. The Kier molecular flexibility index (Phi) is 6.91. The Balaban J connectivity index is 1.66. The van der Waals surface area contributed by atoms with Gasteiger partial charge >= 0.3 is 0 Å². The van der Waals surface area contributed by atoms with Crippen LogP contribution in [0.25, 0.3) is 6.08 Å². The Morgan fingerprint density at radius 1 is 1.22 bits per heavy atom. The Morgan fingerprint density at radius 2 is 2.00 bits per heavy atom. The van der Waals surface area contributed by atoms with Gasteiger partial charge in [-0.05, 0) is 55.8 Å². The lowest BCUT2D eigenvalue weighted by Gasteiger charge is -2.28. The van der Waals surface area contributed by atoms with Gasteiger partial charge in [-0.1, -0.05) is 41.9 Å². The average Bonchev–Trinajstić information content (AvgIpc) is 3.21. The van der Waals surface area contributed by atoms with E-state index in [-0.39, 0.29) is 11.9 Å². The van der Waals surface area contributed by atoms with Crippen LogP contribution >= 0.6 is 11.6 Å². The fraction of sp³-hybridized carbons (Fsp3) is 0.318. The number of carbonyl (C=O) groups is 1. The zero-order chi connectivity index (χ0) is 19.1. The maximum Gasteiger partial charge on any atom is 0.244 e. The number of likely N-dealkylation sites (tertiary alicyclic amines) is 1. The molecule has 1 unspecified atom stereocenters. The lowest BCUT2D eigenvalue weighted by atomic mass is 10.1. The first kappa shape index (κ1) is 19.5. The van der Waals surface area contributed by atoms with Crippen LogP contribution in [0.15, 0.2) is 54.6 Å². The number of halogens is 1. The normalized spacial score (nSPS) is 15.8. The molecule has 0 bridgehead atoms. The average molecular weight is 385 g/mol. The molecule has 1 atom stereocenters. The van der Waals surface area contributed by atoms with Crippen molar-refractivity contribution in [3.63, 3.8) is 0 Å². The summed E-state index contributed by atoms with van der Waals surface area (Å²) in [7, 11) is 1.62. The lowest BCUT2D eigenvalue weighted by Crippen LogP contribution is -2.36. The third-order valence-electron chi connectivity index (χ3n) is 4.84. The summed E-state index contributed by atoms with van der Waals surface area (Å²) in [4.78, 5) is 14.8. The number of carbonyl (C=O) groups excluding carboxylic acids is 1. The third kappa shape index (κ3) is 5.34. The number of hydrogen-bond acceptors (Lipinski definition) is 3. The van der Waals surface area contributed by atoms with Gasteiger partial charge in [-0.2, -0.15) is 0 Å². The molecular weight excluding hydrogens is 360 g/mol. The van der Waals surface area contributed by atoms with Crippen molar-refractivity contribution in [1.82, 2.24) is 10.2 Å². The van der Waals surface area contributed by atoms with Crippen LogP contribution in [-0.2, 0) is 4.79 Å². The van der Waals surface area contributed by atoms with Crippen LogP contribution in [-0.4, -0.2) is 37.6 Å². The predicted molar refractivity (Wildman–Crippen MR) is 110 cm³/mol. The van der Waals surface area contributed by atoms with E-state index in [0.29, 0.717) is 6.54 Å². The minimum absolute atomic E-state index is 0.118. The Morgan fingerprint density at radius 3 is 2.74 bits per heavy atom. The van der Waals surface area contributed by atoms with Crippen molar-refractivity contribution < 1.29 is 9.53 Å². The molecule has 0 spiro atoms. The van der Waals surface area contributed by atoms with Crippen LogP contribution in [0.4, 0.5) is 0 Å². The highest BCUT2D eigenvalue weighted by molar-refractivity contribution is 6.30. The van der Waals surface area contributed by atoms with Gasteiger partial charge in [0.15, 0.2) is 0 Å². The molecule has 5 heteroatoms. The fourth-order valence-corrected chi connectivity index (χ4v) is 3.65.